The van der Waals surface area contributed by atoms with E-state index < -0.39 is 29.7 Å². The number of halogens is 3. The number of carbonyl (C=O) groups is 1. The fraction of sp³-hybridized carbons (Fsp3) is 0.562. The Kier molecular flexibility index (Phi) is 5.58. The van der Waals surface area contributed by atoms with Gasteiger partial charge in [-0.15, -0.1) is 11.0 Å². The van der Waals surface area contributed by atoms with Gasteiger partial charge in [-0.3, -0.25) is 19.2 Å². The molecule has 0 aromatic carbocycles. The molecule has 1 atom stereocenters. The molecular formula is C16H19F3N6O4. The Morgan fingerprint density at radius 2 is 1.93 bits per heavy atom. The Labute approximate surface area is 162 Å². The molecule has 0 bridgehead atoms. The quantitative estimate of drug-likeness (QED) is 0.601. The van der Waals surface area contributed by atoms with Crippen LogP contribution in [0.25, 0.3) is 0 Å². The first-order valence-electron chi connectivity index (χ1n) is 8.69. The van der Waals surface area contributed by atoms with E-state index in [4.69, 9.17) is 0 Å². The number of alkyl halides is 3. The first-order valence-corrected chi connectivity index (χ1v) is 8.69. The van der Waals surface area contributed by atoms with Crippen molar-refractivity contribution in [3.05, 3.63) is 20.8 Å². The van der Waals surface area contributed by atoms with Crippen LogP contribution in [0.5, 0.6) is 0 Å². The SMILES string of the molecule is CC#CCN1c2c([nH]c(=O)n(C)c2=O)N(OC(=O)C(F)(F)F)C1N1CCNCC1. The van der Waals surface area contributed by atoms with Gasteiger partial charge in [-0.05, 0) is 6.92 Å². The molecule has 2 aliphatic rings. The largest absolute Gasteiger partial charge is 0.493 e. The molecule has 13 heteroatoms. The minimum absolute atomic E-state index is 0.0283. The molecule has 0 saturated carbocycles. The first-order chi connectivity index (χ1) is 13.7. The summed E-state index contributed by atoms with van der Waals surface area (Å²) >= 11 is 0. The molecule has 1 saturated heterocycles. The molecule has 3 heterocycles. The Hall–Kier alpha value is -2.98. The van der Waals surface area contributed by atoms with Crippen molar-refractivity contribution in [1.82, 2.24) is 19.8 Å². The van der Waals surface area contributed by atoms with Crippen molar-refractivity contribution in [2.24, 2.45) is 7.05 Å². The zero-order chi connectivity index (χ0) is 21.3. The van der Waals surface area contributed by atoms with Gasteiger partial charge < -0.3 is 15.1 Å². The Balaban J connectivity index is 2.16. The predicted octanol–water partition coefficient (Wildman–Crippen LogP) is -1.07. The highest BCUT2D eigenvalue weighted by molar-refractivity contribution is 5.79. The topological polar surface area (TPSA) is 103 Å². The summed E-state index contributed by atoms with van der Waals surface area (Å²) in [6.07, 6.45) is -6.34. The van der Waals surface area contributed by atoms with Crippen molar-refractivity contribution in [2.45, 2.75) is 19.4 Å². The maximum absolute atomic E-state index is 12.9. The highest BCUT2D eigenvalue weighted by Crippen LogP contribution is 2.37. The number of hydroxylamine groups is 1. The van der Waals surface area contributed by atoms with Crippen LogP contribution in [0.1, 0.15) is 6.92 Å². The van der Waals surface area contributed by atoms with E-state index in [1.165, 1.54) is 11.9 Å². The van der Waals surface area contributed by atoms with Crippen LogP contribution < -0.4 is 26.5 Å². The number of piperazine rings is 1. The summed E-state index contributed by atoms with van der Waals surface area (Å²) in [5.41, 5.74) is -1.70. The van der Waals surface area contributed by atoms with Crippen LogP contribution in [0, 0.1) is 11.8 Å². The molecule has 0 aliphatic carbocycles. The number of hydrogen-bond acceptors (Lipinski definition) is 8. The lowest BCUT2D eigenvalue weighted by Gasteiger charge is -2.40. The van der Waals surface area contributed by atoms with Gasteiger partial charge in [0.25, 0.3) is 5.56 Å². The average Bonchev–Trinajstić information content (AvgIpc) is 2.97. The van der Waals surface area contributed by atoms with E-state index in [9.17, 15) is 27.6 Å². The maximum atomic E-state index is 12.9. The van der Waals surface area contributed by atoms with Crippen LogP contribution in [0.2, 0.25) is 0 Å². The third-order valence-electron chi connectivity index (χ3n) is 4.57. The molecule has 29 heavy (non-hydrogen) atoms. The molecule has 158 valence electrons. The molecule has 0 spiro atoms. The molecule has 2 N–H and O–H groups in total. The zero-order valence-electron chi connectivity index (χ0n) is 15.7. The van der Waals surface area contributed by atoms with Gasteiger partial charge in [0.2, 0.25) is 0 Å². The second kappa shape index (κ2) is 7.80. The molecule has 3 rings (SSSR count). The van der Waals surface area contributed by atoms with Crippen molar-refractivity contribution < 1.29 is 22.8 Å². The predicted molar refractivity (Wildman–Crippen MR) is 96.0 cm³/mol. The standard InChI is InChI=1S/C16H19F3N6O4/c1-3-4-7-24-10-11(21-14(28)22(2)12(10)26)25(29-13(27)16(17,18)19)15(24)23-8-5-20-6-9-23/h15,20H,5-9H2,1-2H3,(H,21,28). The Morgan fingerprint density at radius 3 is 2.52 bits per heavy atom. The number of H-pyrrole nitrogens is 1. The van der Waals surface area contributed by atoms with Crippen LogP contribution in [0.4, 0.5) is 24.7 Å². The lowest BCUT2D eigenvalue weighted by atomic mass is 10.3. The lowest BCUT2D eigenvalue weighted by Crippen LogP contribution is -2.61. The van der Waals surface area contributed by atoms with E-state index in [0.717, 1.165) is 4.57 Å². The number of fused-ring (bicyclic) bond motifs is 1. The second-order valence-corrected chi connectivity index (χ2v) is 6.38. The molecule has 1 aromatic heterocycles. The minimum Gasteiger partial charge on any atom is -0.327 e. The fourth-order valence-electron chi connectivity index (χ4n) is 3.19. The average molecular weight is 416 g/mol. The number of anilines is 2. The zero-order valence-corrected chi connectivity index (χ0v) is 15.7. The monoisotopic (exact) mass is 416 g/mol. The molecule has 1 unspecified atom stereocenters. The number of nitrogens with one attached hydrogen (secondary N) is 2. The number of aromatic amines is 1. The van der Waals surface area contributed by atoms with Crippen molar-refractivity contribution >= 4 is 17.5 Å². The van der Waals surface area contributed by atoms with E-state index in [-0.39, 0.29) is 18.1 Å². The van der Waals surface area contributed by atoms with Crippen LogP contribution in [-0.2, 0) is 16.7 Å². The van der Waals surface area contributed by atoms with Gasteiger partial charge >= 0.3 is 17.8 Å². The van der Waals surface area contributed by atoms with Crippen molar-refractivity contribution in [3.8, 4) is 11.8 Å². The fourth-order valence-corrected chi connectivity index (χ4v) is 3.19. The highest BCUT2D eigenvalue weighted by atomic mass is 19.4. The van der Waals surface area contributed by atoms with Crippen molar-refractivity contribution in [3.63, 3.8) is 0 Å². The summed E-state index contributed by atoms with van der Waals surface area (Å²) in [4.78, 5) is 46.5. The van der Waals surface area contributed by atoms with Gasteiger partial charge in [0, 0.05) is 33.2 Å². The van der Waals surface area contributed by atoms with Gasteiger partial charge in [0.15, 0.2) is 17.8 Å². The smallest absolute Gasteiger partial charge is 0.327 e. The molecule has 1 aromatic rings. The Bertz CT molecular complexity index is 970. The minimum atomic E-state index is -5.26. The summed E-state index contributed by atoms with van der Waals surface area (Å²) in [6.45, 7) is 3.42. The Morgan fingerprint density at radius 1 is 1.28 bits per heavy atom. The van der Waals surface area contributed by atoms with E-state index in [0.29, 0.717) is 31.2 Å². The third kappa shape index (κ3) is 3.81. The molecule has 1 fully saturated rings. The summed E-state index contributed by atoms with van der Waals surface area (Å²) in [6, 6.07) is 0. The van der Waals surface area contributed by atoms with Gasteiger partial charge in [-0.2, -0.15) is 13.2 Å². The van der Waals surface area contributed by atoms with Crippen LogP contribution >= 0.6 is 0 Å². The number of rotatable bonds is 3. The third-order valence-corrected chi connectivity index (χ3v) is 4.57. The maximum Gasteiger partial charge on any atom is 0.493 e. The summed E-state index contributed by atoms with van der Waals surface area (Å²) in [5, 5.41) is 3.74. The number of carbonyl (C=O) groups excluding carboxylic acids is 1. The summed E-state index contributed by atoms with van der Waals surface area (Å²) in [7, 11) is 1.23. The molecule has 0 amide bonds. The van der Waals surface area contributed by atoms with Gasteiger partial charge in [0.1, 0.15) is 0 Å². The molecular weight excluding hydrogens is 397 g/mol. The van der Waals surface area contributed by atoms with Gasteiger partial charge in [0.05, 0.1) is 6.54 Å². The van der Waals surface area contributed by atoms with Gasteiger partial charge in [-0.1, -0.05) is 5.92 Å². The molecule has 2 aliphatic heterocycles. The number of nitrogens with zero attached hydrogens (tertiary/aromatic N) is 4. The van der Waals surface area contributed by atoms with E-state index in [1.54, 1.807) is 11.8 Å². The first kappa shape index (κ1) is 20.7. The normalized spacial score (nSPS) is 19.6. The molecule has 10 nitrogen and oxygen atoms in total. The summed E-state index contributed by atoms with van der Waals surface area (Å²) in [5.74, 6) is 2.65. The number of aromatic nitrogens is 2. The molecule has 0 radical (unpaired) electrons. The van der Waals surface area contributed by atoms with E-state index in [2.05, 4.69) is 27.0 Å². The number of hydrogen-bond donors (Lipinski definition) is 2. The van der Waals surface area contributed by atoms with E-state index in [1.807, 2.05) is 0 Å². The second-order valence-electron chi connectivity index (χ2n) is 6.38. The lowest BCUT2D eigenvalue weighted by molar-refractivity contribution is -0.203. The summed E-state index contributed by atoms with van der Waals surface area (Å²) < 4.78 is 39.4. The van der Waals surface area contributed by atoms with Gasteiger partial charge in [-0.25, -0.2) is 9.59 Å². The van der Waals surface area contributed by atoms with Crippen molar-refractivity contribution in [2.75, 3.05) is 42.7 Å². The van der Waals surface area contributed by atoms with Crippen LogP contribution in [0.3, 0.4) is 0 Å². The van der Waals surface area contributed by atoms with E-state index >= 15 is 0 Å². The van der Waals surface area contributed by atoms with Crippen molar-refractivity contribution in [1.29, 1.82) is 0 Å². The van der Waals surface area contributed by atoms with Crippen LogP contribution in [0.15, 0.2) is 9.59 Å². The van der Waals surface area contributed by atoms with Crippen LogP contribution in [-0.4, -0.2) is 65.6 Å². The highest BCUT2D eigenvalue weighted by Gasteiger charge is 2.49.